The minimum absolute atomic E-state index is 0.0804. The van der Waals surface area contributed by atoms with Gasteiger partial charge in [-0.05, 0) is 30.5 Å². The summed E-state index contributed by atoms with van der Waals surface area (Å²) in [6.45, 7) is 0. The SMILES string of the molecule is COc1ccc(CCC(C(=O)O)C(=O)O)cc1. The van der Waals surface area contributed by atoms with Crippen LogP contribution in [0.3, 0.4) is 0 Å². The molecule has 1 aromatic rings. The van der Waals surface area contributed by atoms with Crippen LogP contribution in [0.2, 0.25) is 0 Å². The van der Waals surface area contributed by atoms with Crippen molar-refractivity contribution in [2.75, 3.05) is 7.11 Å². The number of aryl methyl sites for hydroxylation is 1. The largest absolute Gasteiger partial charge is 0.497 e. The Morgan fingerprint density at radius 2 is 1.71 bits per heavy atom. The van der Waals surface area contributed by atoms with E-state index in [1.54, 1.807) is 31.4 Å². The van der Waals surface area contributed by atoms with Gasteiger partial charge in [-0.3, -0.25) is 9.59 Å². The van der Waals surface area contributed by atoms with E-state index >= 15 is 0 Å². The normalized spacial score (nSPS) is 10.2. The van der Waals surface area contributed by atoms with Crippen LogP contribution in [-0.2, 0) is 16.0 Å². The highest BCUT2D eigenvalue weighted by Gasteiger charge is 2.24. The van der Waals surface area contributed by atoms with Crippen LogP contribution >= 0.6 is 0 Å². The van der Waals surface area contributed by atoms with Crippen LogP contribution in [0.5, 0.6) is 5.75 Å². The molecule has 1 aromatic carbocycles. The minimum atomic E-state index is -1.35. The molecule has 0 heterocycles. The molecule has 2 N–H and O–H groups in total. The van der Waals surface area contributed by atoms with Crippen LogP contribution in [0.4, 0.5) is 0 Å². The van der Waals surface area contributed by atoms with Gasteiger partial charge in [0.05, 0.1) is 7.11 Å². The zero-order valence-corrected chi connectivity index (χ0v) is 9.42. The highest BCUT2D eigenvalue weighted by molar-refractivity contribution is 5.92. The first-order valence-electron chi connectivity index (χ1n) is 5.13. The summed E-state index contributed by atoms with van der Waals surface area (Å²) in [5, 5.41) is 17.4. The van der Waals surface area contributed by atoms with E-state index in [4.69, 9.17) is 14.9 Å². The maximum atomic E-state index is 10.7. The molecule has 0 aliphatic rings. The van der Waals surface area contributed by atoms with Crippen molar-refractivity contribution >= 4 is 11.9 Å². The molecule has 0 saturated carbocycles. The van der Waals surface area contributed by atoms with E-state index in [9.17, 15) is 9.59 Å². The van der Waals surface area contributed by atoms with Gasteiger partial charge < -0.3 is 14.9 Å². The van der Waals surface area contributed by atoms with Gasteiger partial charge >= 0.3 is 11.9 Å². The van der Waals surface area contributed by atoms with Gasteiger partial charge in [0, 0.05) is 0 Å². The summed E-state index contributed by atoms with van der Waals surface area (Å²) >= 11 is 0. The predicted octanol–water partition coefficient (Wildman–Crippen LogP) is 1.41. The van der Waals surface area contributed by atoms with Crippen molar-refractivity contribution in [2.45, 2.75) is 12.8 Å². The fourth-order valence-corrected chi connectivity index (χ4v) is 1.46. The lowest BCUT2D eigenvalue weighted by Gasteiger charge is -2.07. The van der Waals surface area contributed by atoms with E-state index in [0.717, 1.165) is 5.56 Å². The summed E-state index contributed by atoms with van der Waals surface area (Å²) in [4.78, 5) is 21.3. The molecular formula is C12H14O5. The van der Waals surface area contributed by atoms with Gasteiger partial charge in [0.1, 0.15) is 5.75 Å². The molecule has 0 bridgehead atoms. The van der Waals surface area contributed by atoms with Crippen molar-refractivity contribution < 1.29 is 24.5 Å². The highest BCUT2D eigenvalue weighted by atomic mass is 16.5. The number of carbonyl (C=O) groups is 2. The predicted molar refractivity (Wildman–Crippen MR) is 60.1 cm³/mol. The molecule has 1 rings (SSSR count). The zero-order valence-electron chi connectivity index (χ0n) is 9.42. The number of carboxylic acid groups (broad SMARTS) is 2. The molecule has 5 heteroatoms. The van der Waals surface area contributed by atoms with Crippen LogP contribution in [0.25, 0.3) is 0 Å². The summed E-state index contributed by atoms with van der Waals surface area (Å²) in [7, 11) is 1.56. The van der Waals surface area contributed by atoms with Crippen LogP contribution in [0.15, 0.2) is 24.3 Å². The van der Waals surface area contributed by atoms with Gasteiger partial charge in [-0.2, -0.15) is 0 Å². The van der Waals surface area contributed by atoms with Gasteiger partial charge in [0.15, 0.2) is 5.92 Å². The molecular weight excluding hydrogens is 224 g/mol. The zero-order chi connectivity index (χ0) is 12.8. The molecule has 0 spiro atoms. The van der Waals surface area contributed by atoms with Crippen molar-refractivity contribution in [3.05, 3.63) is 29.8 Å². The molecule has 0 saturated heterocycles. The first kappa shape index (κ1) is 13.0. The van der Waals surface area contributed by atoms with Gasteiger partial charge in [-0.15, -0.1) is 0 Å². The second kappa shape index (κ2) is 5.89. The molecule has 92 valence electrons. The number of rotatable bonds is 6. The van der Waals surface area contributed by atoms with Crippen molar-refractivity contribution in [1.29, 1.82) is 0 Å². The molecule has 0 aliphatic heterocycles. The maximum absolute atomic E-state index is 10.7. The van der Waals surface area contributed by atoms with Crippen LogP contribution in [0.1, 0.15) is 12.0 Å². The molecule has 0 aliphatic carbocycles. The average molecular weight is 238 g/mol. The third-order valence-corrected chi connectivity index (χ3v) is 2.48. The number of benzene rings is 1. The highest BCUT2D eigenvalue weighted by Crippen LogP contribution is 2.15. The number of hydrogen-bond donors (Lipinski definition) is 2. The first-order valence-corrected chi connectivity index (χ1v) is 5.13. The quantitative estimate of drug-likeness (QED) is 0.732. The van der Waals surface area contributed by atoms with Gasteiger partial charge in [-0.1, -0.05) is 12.1 Å². The lowest BCUT2D eigenvalue weighted by molar-refractivity contribution is -0.154. The number of methoxy groups -OCH3 is 1. The van der Waals surface area contributed by atoms with Gasteiger partial charge in [0.2, 0.25) is 0 Å². The number of hydrogen-bond acceptors (Lipinski definition) is 3. The Labute approximate surface area is 98.6 Å². The number of ether oxygens (including phenoxy) is 1. The number of aliphatic carboxylic acids is 2. The summed E-state index contributed by atoms with van der Waals surface area (Å²) in [5.74, 6) is -3.24. The Bertz CT molecular complexity index is 382. The van der Waals surface area contributed by atoms with Crippen molar-refractivity contribution in [3.8, 4) is 5.75 Å². The maximum Gasteiger partial charge on any atom is 0.317 e. The van der Waals surface area contributed by atoms with E-state index in [-0.39, 0.29) is 6.42 Å². The lowest BCUT2D eigenvalue weighted by atomic mass is 10.00. The molecule has 0 unspecified atom stereocenters. The second-order valence-corrected chi connectivity index (χ2v) is 3.62. The topological polar surface area (TPSA) is 83.8 Å². The second-order valence-electron chi connectivity index (χ2n) is 3.62. The van der Waals surface area contributed by atoms with E-state index in [0.29, 0.717) is 12.2 Å². The Morgan fingerprint density at radius 3 is 2.12 bits per heavy atom. The third kappa shape index (κ3) is 3.79. The van der Waals surface area contributed by atoms with Crippen molar-refractivity contribution in [3.63, 3.8) is 0 Å². The first-order chi connectivity index (χ1) is 8.04. The van der Waals surface area contributed by atoms with Crippen LogP contribution in [0, 0.1) is 5.92 Å². The Hall–Kier alpha value is -2.04. The van der Waals surface area contributed by atoms with Crippen LogP contribution < -0.4 is 4.74 Å². The Balaban J connectivity index is 2.59. The smallest absolute Gasteiger partial charge is 0.317 e. The van der Waals surface area contributed by atoms with Gasteiger partial charge in [0.25, 0.3) is 0 Å². The summed E-state index contributed by atoms with van der Waals surface area (Å²) < 4.78 is 4.98. The molecule has 0 atom stereocenters. The molecule has 0 radical (unpaired) electrons. The third-order valence-electron chi connectivity index (χ3n) is 2.48. The Kier molecular flexibility index (Phi) is 4.51. The summed E-state index contributed by atoms with van der Waals surface area (Å²) in [6.07, 6.45) is 0.490. The number of carboxylic acids is 2. The van der Waals surface area contributed by atoms with E-state index < -0.39 is 17.9 Å². The fraction of sp³-hybridized carbons (Fsp3) is 0.333. The molecule has 5 nitrogen and oxygen atoms in total. The van der Waals surface area contributed by atoms with Crippen molar-refractivity contribution in [1.82, 2.24) is 0 Å². The van der Waals surface area contributed by atoms with Crippen LogP contribution in [-0.4, -0.2) is 29.3 Å². The van der Waals surface area contributed by atoms with Gasteiger partial charge in [-0.25, -0.2) is 0 Å². The average Bonchev–Trinajstić information content (AvgIpc) is 2.29. The standard InChI is InChI=1S/C12H14O5/c1-17-9-5-2-8(3-6-9)4-7-10(11(13)14)12(15)16/h2-3,5-6,10H,4,7H2,1H3,(H,13,14)(H,15,16). The van der Waals surface area contributed by atoms with E-state index in [1.165, 1.54) is 0 Å². The molecule has 0 aromatic heterocycles. The molecule has 0 amide bonds. The monoisotopic (exact) mass is 238 g/mol. The minimum Gasteiger partial charge on any atom is -0.497 e. The molecule has 17 heavy (non-hydrogen) atoms. The molecule has 0 fully saturated rings. The Morgan fingerprint density at radius 1 is 1.18 bits per heavy atom. The van der Waals surface area contributed by atoms with E-state index in [2.05, 4.69) is 0 Å². The lowest BCUT2D eigenvalue weighted by Crippen LogP contribution is -2.23. The summed E-state index contributed by atoms with van der Waals surface area (Å²) in [5.41, 5.74) is 0.887. The van der Waals surface area contributed by atoms with E-state index in [1.807, 2.05) is 0 Å². The van der Waals surface area contributed by atoms with Crippen molar-refractivity contribution in [2.24, 2.45) is 5.92 Å². The fourth-order valence-electron chi connectivity index (χ4n) is 1.46. The summed E-state index contributed by atoms with van der Waals surface area (Å²) in [6, 6.07) is 7.09.